The van der Waals surface area contributed by atoms with Crippen LogP contribution in [0.1, 0.15) is 77.8 Å². The lowest BCUT2D eigenvalue weighted by molar-refractivity contribution is -0.156. The highest BCUT2D eigenvalue weighted by molar-refractivity contribution is 7.92. The highest BCUT2D eigenvalue weighted by Gasteiger charge is 2.48. The van der Waals surface area contributed by atoms with Crippen molar-refractivity contribution in [3.05, 3.63) is 65.5 Å². The van der Waals surface area contributed by atoms with Crippen LogP contribution in [-0.2, 0) is 29.7 Å². The van der Waals surface area contributed by atoms with Crippen LogP contribution in [0.15, 0.2) is 53.4 Å². The zero-order valence-corrected chi connectivity index (χ0v) is 21.4. The molecule has 0 unspecified atom stereocenters. The van der Waals surface area contributed by atoms with Gasteiger partial charge in [0.05, 0.1) is 10.5 Å². The van der Waals surface area contributed by atoms with Crippen LogP contribution in [0.5, 0.6) is 0 Å². The number of rotatable bonds is 6. The highest BCUT2D eigenvalue weighted by Crippen LogP contribution is 2.49. The van der Waals surface area contributed by atoms with Crippen LogP contribution in [0, 0.1) is 11.7 Å². The van der Waals surface area contributed by atoms with E-state index in [-0.39, 0.29) is 23.2 Å². The molecule has 0 radical (unpaired) electrons. The Bertz CT molecular complexity index is 1100. The van der Waals surface area contributed by atoms with Gasteiger partial charge in [-0.1, -0.05) is 24.3 Å². The first kappa shape index (κ1) is 26.4. The number of ether oxygens (including phenoxy) is 1. The maximum atomic E-state index is 14.0. The molecule has 0 bridgehead atoms. The van der Waals surface area contributed by atoms with Crippen molar-refractivity contribution in [3.63, 3.8) is 0 Å². The van der Waals surface area contributed by atoms with Crippen molar-refractivity contribution in [2.75, 3.05) is 0 Å². The molecular weight excluding hydrogens is 455 g/mol. The molecule has 0 aromatic heterocycles. The van der Waals surface area contributed by atoms with E-state index in [0.717, 1.165) is 12.1 Å². The minimum atomic E-state index is -3.87. The van der Waals surface area contributed by atoms with Gasteiger partial charge in [-0.2, -0.15) is 0 Å². The molecular formula is C27H35FO5S. The van der Waals surface area contributed by atoms with Crippen LogP contribution in [0.4, 0.5) is 4.39 Å². The van der Waals surface area contributed by atoms with Crippen LogP contribution in [-0.4, -0.2) is 25.1 Å². The number of carbonyl (C=O) groups excluding carboxylic acids is 1. The van der Waals surface area contributed by atoms with Crippen molar-refractivity contribution in [2.24, 2.45) is 5.92 Å². The topological polar surface area (TPSA) is 80.7 Å². The van der Waals surface area contributed by atoms with E-state index >= 15 is 0 Å². The number of aliphatic hydroxyl groups is 1. The maximum Gasteiger partial charge on any atom is 0.306 e. The number of benzene rings is 2. The van der Waals surface area contributed by atoms with Gasteiger partial charge in [-0.3, -0.25) is 4.79 Å². The summed E-state index contributed by atoms with van der Waals surface area (Å²) in [6.45, 7) is 8.82. The van der Waals surface area contributed by atoms with Crippen LogP contribution < -0.4 is 0 Å². The third-order valence-corrected chi connectivity index (χ3v) is 9.11. The van der Waals surface area contributed by atoms with Gasteiger partial charge >= 0.3 is 5.97 Å². The van der Waals surface area contributed by atoms with E-state index in [4.69, 9.17) is 4.74 Å². The monoisotopic (exact) mass is 490 g/mol. The number of hydrogen-bond acceptors (Lipinski definition) is 5. The molecule has 186 valence electrons. The van der Waals surface area contributed by atoms with E-state index in [1.807, 2.05) is 20.8 Å². The number of hydrogen-bond donors (Lipinski definition) is 1. The minimum absolute atomic E-state index is 0.0297. The van der Waals surface area contributed by atoms with Gasteiger partial charge in [0.2, 0.25) is 0 Å². The minimum Gasteiger partial charge on any atom is -0.460 e. The summed E-state index contributed by atoms with van der Waals surface area (Å²) in [6.07, 6.45) is 2.02. The van der Waals surface area contributed by atoms with E-state index < -0.39 is 31.6 Å². The number of carbonyl (C=O) groups is 1. The summed E-state index contributed by atoms with van der Waals surface area (Å²) in [5, 5.41) is 10.3. The first-order chi connectivity index (χ1) is 15.6. The van der Waals surface area contributed by atoms with Crippen molar-refractivity contribution >= 4 is 15.8 Å². The third kappa shape index (κ3) is 5.69. The molecule has 1 aliphatic rings. The van der Waals surface area contributed by atoms with Gasteiger partial charge in [-0.15, -0.1) is 0 Å². The Kier molecular flexibility index (Phi) is 7.30. The molecule has 1 aliphatic carbocycles. The summed E-state index contributed by atoms with van der Waals surface area (Å²) in [6, 6.07) is 12.0. The van der Waals surface area contributed by atoms with Crippen LogP contribution >= 0.6 is 0 Å². The lowest BCUT2D eigenvalue weighted by Gasteiger charge is -2.40. The Morgan fingerprint density at radius 1 is 1.00 bits per heavy atom. The molecule has 1 fully saturated rings. The molecule has 0 aliphatic heterocycles. The molecule has 3 rings (SSSR count). The zero-order chi connectivity index (χ0) is 25.4. The van der Waals surface area contributed by atoms with E-state index in [2.05, 4.69) is 0 Å². The van der Waals surface area contributed by atoms with Crippen molar-refractivity contribution < 1.29 is 27.4 Å². The van der Waals surface area contributed by atoms with Gasteiger partial charge in [0.15, 0.2) is 9.84 Å². The fourth-order valence-corrected chi connectivity index (χ4v) is 6.87. The normalized spacial score (nSPS) is 21.8. The molecule has 0 spiro atoms. The summed E-state index contributed by atoms with van der Waals surface area (Å²) in [5.74, 6) is -0.744. The van der Waals surface area contributed by atoms with E-state index in [0.29, 0.717) is 36.8 Å². The summed E-state index contributed by atoms with van der Waals surface area (Å²) in [5.41, 5.74) is -0.291. The second kappa shape index (κ2) is 9.42. The predicted octanol–water partition coefficient (Wildman–Crippen LogP) is 5.64. The molecule has 0 heterocycles. The summed E-state index contributed by atoms with van der Waals surface area (Å²) in [4.78, 5) is 12.4. The molecule has 7 heteroatoms. The Labute approximate surface area is 202 Å². The second-order valence-electron chi connectivity index (χ2n) is 10.8. The van der Waals surface area contributed by atoms with E-state index in [1.54, 1.807) is 38.1 Å². The van der Waals surface area contributed by atoms with Crippen molar-refractivity contribution in [1.29, 1.82) is 0 Å². The summed E-state index contributed by atoms with van der Waals surface area (Å²) in [7, 11) is -3.87. The Morgan fingerprint density at radius 2 is 1.53 bits per heavy atom. The molecule has 0 saturated heterocycles. The molecule has 1 N–H and O–H groups in total. The second-order valence-corrected chi connectivity index (χ2v) is 13.1. The Hall–Kier alpha value is -2.25. The molecule has 0 atom stereocenters. The van der Waals surface area contributed by atoms with Gasteiger partial charge in [-0.25, -0.2) is 12.8 Å². The standard InChI is InChI=1S/C27H35FO5S/c1-25(2,3)33-24(29)18-19-14-16-27(17-15-19,21-8-6-20(7-9-21)26(4,5)30)34(31,32)23-12-10-22(28)11-13-23/h6-13,19,30H,14-18H2,1-5H3. The summed E-state index contributed by atoms with van der Waals surface area (Å²) >= 11 is 0. The Morgan fingerprint density at radius 3 is 2.00 bits per heavy atom. The highest BCUT2D eigenvalue weighted by atomic mass is 32.2. The quantitative estimate of drug-likeness (QED) is 0.418. The maximum absolute atomic E-state index is 14.0. The first-order valence-electron chi connectivity index (χ1n) is 11.7. The molecule has 1 saturated carbocycles. The third-order valence-electron chi connectivity index (χ3n) is 6.54. The van der Waals surface area contributed by atoms with Gasteiger partial charge in [-0.05, 0) is 102 Å². The van der Waals surface area contributed by atoms with Crippen molar-refractivity contribution in [3.8, 4) is 0 Å². The molecule has 2 aromatic rings. The zero-order valence-electron chi connectivity index (χ0n) is 20.6. The fourth-order valence-electron chi connectivity index (χ4n) is 4.70. The molecule has 0 amide bonds. The number of esters is 1. The van der Waals surface area contributed by atoms with Gasteiger partial charge in [0, 0.05) is 6.42 Å². The lowest BCUT2D eigenvalue weighted by Crippen LogP contribution is -2.40. The summed E-state index contributed by atoms with van der Waals surface area (Å²) < 4.78 is 45.7. The van der Waals surface area contributed by atoms with E-state index in [9.17, 15) is 22.7 Å². The number of halogens is 1. The average molecular weight is 491 g/mol. The molecule has 2 aromatic carbocycles. The SMILES string of the molecule is CC(C)(C)OC(=O)CC1CCC(c2ccc(C(C)(C)O)cc2)(S(=O)(=O)c2ccc(F)cc2)CC1. The van der Waals surface area contributed by atoms with Crippen LogP contribution in [0.2, 0.25) is 0 Å². The lowest BCUT2D eigenvalue weighted by atomic mass is 9.76. The fraction of sp³-hybridized carbons (Fsp3) is 0.519. The largest absolute Gasteiger partial charge is 0.460 e. The first-order valence-corrected chi connectivity index (χ1v) is 13.2. The van der Waals surface area contributed by atoms with Crippen molar-refractivity contribution in [1.82, 2.24) is 0 Å². The molecule has 34 heavy (non-hydrogen) atoms. The van der Waals surface area contributed by atoms with Crippen LogP contribution in [0.25, 0.3) is 0 Å². The van der Waals surface area contributed by atoms with Crippen LogP contribution in [0.3, 0.4) is 0 Å². The smallest absolute Gasteiger partial charge is 0.306 e. The number of sulfone groups is 1. The Balaban J connectivity index is 1.95. The van der Waals surface area contributed by atoms with E-state index in [1.165, 1.54) is 12.1 Å². The van der Waals surface area contributed by atoms with Gasteiger partial charge < -0.3 is 9.84 Å². The van der Waals surface area contributed by atoms with Crippen molar-refractivity contribution in [2.45, 2.75) is 87.6 Å². The predicted molar refractivity (Wildman–Crippen MR) is 129 cm³/mol. The van der Waals surface area contributed by atoms with Gasteiger partial charge in [0.1, 0.15) is 16.2 Å². The average Bonchev–Trinajstić information content (AvgIpc) is 2.72. The van der Waals surface area contributed by atoms with Gasteiger partial charge in [0.25, 0.3) is 0 Å². The molecule has 5 nitrogen and oxygen atoms in total.